The molecule has 6 heteroatoms. The van der Waals surface area contributed by atoms with Gasteiger partial charge in [-0.15, -0.1) is 0 Å². The highest BCUT2D eigenvalue weighted by molar-refractivity contribution is 5.85. The molecular weight excluding hydrogens is 444 g/mol. The van der Waals surface area contributed by atoms with E-state index in [2.05, 4.69) is 18.2 Å². The minimum absolute atomic E-state index is 0.175. The number of hydrogen-bond donors (Lipinski definition) is 0. The summed E-state index contributed by atoms with van der Waals surface area (Å²) in [4.78, 5) is 13.0. The van der Waals surface area contributed by atoms with Crippen LogP contribution in [0.15, 0.2) is 88.1 Å². The van der Waals surface area contributed by atoms with Crippen molar-refractivity contribution in [3.63, 3.8) is 0 Å². The van der Waals surface area contributed by atoms with Gasteiger partial charge in [-0.3, -0.25) is 4.79 Å². The molecule has 0 atom stereocenters. The van der Waals surface area contributed by atoms with Crippen molar-refractivity contribution in [3.8, 4) is 34.3 Å². The molecule has 35 heavy (non-hydrogen) atoms. The normalized spacial score (nSPS) is 10.9. The first-order chi connectivity index (χ1) is 17.1. The SMILES string of the molecule is COc1cc(-c2cc(=O)c3cc(OCc4cccc5ccccc45)ccc3o2)cc(OC)c1OC. The van der Waals surface area contributed by atoms with Gasteiger partial charge in [-0.25, -0.2) is 0 Å². The van der Waals surface area contributed by atoms with Gasteiger partial charge in [0.15, 0.2) is 16.9 Å². The largest absolute Gasteiger partial charge is 0.493 e. The Kier molecular flexibility index (Phi) is 6.02. The van der Waals surface area contributed by atoms with Gasteiger partial charge in [0.25, 0.3) is 0 Å². The molecule has 4 aromatic carbocycles. The van der Waals surface area contributed by atoms with E-state index in [1.165, 1.54) is 27.4 Å². The van der Waals surface area contributed by atoms with E-state index in [0.29, 0.717) is 51.9 Å². The first-order valence-corrected chi connectivity index (χ1v) is 11.1. The number of benzene rings is 4. The van der Waals surface area contributed by atoms with Crippen molar-refractivity contribution in [3.05, 3.63) is 94.6 Å². The van der Waals surface area contributed by atoms with Crippen LogP contribution in [0.2, 0.25) is 0 Å². The molecule has 0 bridgehead atoms. The summed E-state index contributed by atoms with van der Waals surface area (Å²) in [5, 5.41) is 2.74. The molecule has 176 valence electrons. The maximum absolute atomic E-state index is 13.0. The van der Waals surface area contributed by atoms with Crippen LogP contribution in [0.1, 0.15) is 5.56 Å². The summed E-state index contributed by atoms with van der Waals surface area (Å²) in [5.74, 6) is 2.41. The van der Waals surface area contributed by atoms with Gasteiger partial charge in [-0.05, 0) is 46.7 Å². The van der Waals surface area contributed by atoms with Gasteiger partial charge in [0, 0.05) is 11.6 Å². The van der Waals surface area contributed by atoms with Gasteiger partial charge < -0.3 is 23.4 Å². The van der Waals surface area contributed by atoms with Crippen molar-refractivity contribution >= 4 is 21.7 Å². The van der Waals surface area contributed by atoms with Crippen molar-refractivity contribution in [2.75, 3.05) is 21.3 Å². The van der Waals surface area contributed by atoms with Crippen molar-refractivity contribution in [2.24, 2.45) is 0 Å². The monoisotopic (exact) mass is 468 g/mol. The molecule has 1 heterocycles. The zero-order valence-electron chi connectivity index (χ0n) is 19.7. The Morgan fingerprint density at radius 3 is 2.23 bits per heavy atom. The van der Waals surface area contributed by atoms with Crippen LogP contribution >= 0.6 is 0 Å². The molecule has 0 N–H and O–H groups in total. The minimum Gasteiger partial charge on any atom is -0.493 e. The van der Waals surface area contributed by atoms with Crippen molar-refractivity contribution in [1.82, 2.24) is 0 Å². The van der Waals surface area contributed by atoms with Gasteiger partial charge >= 0.3 is 0 Å². The second kappa shape index (κ2) is 9.43. The number of fused-ring (bicyclic) bond motifs is 2. The second-order valence-electron chi connectivity index (χ2n) is 7.97. The zero-order chi connectivity index (χ0) is 24.4. The molecule has 5 aromatic rings. The quantitative estimate of drug-likeness (QED) is 0.283. The van der Waals surface area contributed by atoms with Crippen LogP contribution in [-0.2, 0) is 6.61 Å². The standard InChI is InChI=1S/C29H24O6/c1-31-27-13-20(14-28(32-2)29(27)33-3)26-16-24(30)23-15-21(11-12-25(23)35-26)34-17-19-9-6-8-18-7-4-5-10-22(18)19/h4-16H,17H2,1-3H3. The first kappa shape index (κ1) is 22.3. The summed E-state index contributed by atoms with van der Waals surface area (Å²) < 4.78 is 28.3. The molecule has 0 fully saturated rings. The van der Waals surface area contributed by atoms with E-state index in [1.807, 2.05) is 24.3 Å². The minimum atomic E-state index is -0.175. The number of ether oxygens (including phenoxy) is 4. The molecule has 0 radical (unpaired) electrons. The van der Waals surface area contributed by atoms with Crippen LogP contribution in [-0.4, -0.2) is 21.3 Å². The third kappa shape index (κ3) is 4.26. The molecule has 1 aromatic heterocycles. The Hall–Kier alpha value is -4.45. The Bertz CT molecular complexity index is 1550. The molecule has 0 saturated heterocycles. The number of methoxy groups -OCH3 is 3. The average molecular weight is 469 g/mol. The van der Waals surface area contributed by atoms with E-state index >= 15 is 0 Å². The molecule has 6 nitrogen and oxygen atoms in total. The lowest BCUT2D eigenvalue weighted by Crippen LogP contribution is -2.02. The highest BCUT2D eigenvalue weighted by Gasteiger charge is 2.16. The molecule has 0 spiro atoms. The predicted molar refractivity (Wildman–Crippen MR) is 136 cm³/mol. The van der Waals surface area contributed by atoms with Crippen LogP contribution < -0.4 is 24.4 Å². The molecule has 0 saturated carbocycles. The van der Waals surface area contributed by atoms with Gasteiger partial charge in [-0.1, -0.05) is 42.5 Å². The van der Waals surface area contributed by atoms with Crippen molar-refractivity contribution < 1.29 is 23.4 Å². The Morgan fingerprint density at radius 1 is 0.743 bits per heavy atom. The third-order valence-corrected chi connectivity index (χ3v) is 5.92. The van der Waals surface area contributed by atoms with E-state index in [0.717, 1.165) is 16.3 Å². The fourth-order valence-electron chi connectivity index (χ4n) is 4.17. The van der Waals surface area contributed by atoms with E-state index in [9.17, 15) is 4.79 Å². The predicted octanol–water partition coefficient (Wildman–Crippen LogP) is 6.22. The molecule has 0 amide bonds. The van der Waals surface area contributed by atoms with Crippen molar-refractivity contribution in [2.45, 2.75) is 6.61 Å². The fraction of sp³-hybridized carbons (Fsp3) is 0.138. The van der Waals surface area contributed by atoms with E-state index in [-0.39, 0.29) is 5.43 Å². The summed E-state index contributed by atoms with van der Waals surface area (Å²) in [5.41, 5.74) is 1.99. The lowest BCUT2D eigenvalue weighted by molar-refractivity contribution is 0.308. The average Bonchev–Trinajstić information content (AvgIpc) is 2.91. The van der Waals surface area contributed by atoms with Crippen LogP contribution in [0.5, 0.6) is 23.0 Å². The van der Waals surface area contributed by atoms with Gasteiger partial charge in [0.1, 0.15) is 23.7 Å². The van der Waals surface area contributed by atoms with Crippen LogP contribution in [0.4, 0.5) is 0 Å². The third-order valence-electron chi connectivity index (χ3n) is 5.92. The number of rotatable bonds is 7. The molecular formula is C29H24O6. The Balaban J connectivity index is 1.47. The second-order valence-corrected chi connectivity index (χ2v) is 7.97. The van der Waals surface area contributed by atoms with Gasteiger partial charge in [0.2, 0.25) is 5.75 Å². The summed E-state index contributed by atoms with van der Waals surface area (Å²) in [6.07, 6.45) is 0. The van der Waals surface area contributed by atoms with Crippen LogP contribution in [0.3, 0.4) is 0 Å². The topological polar surface area (TPSA) is 67.1 Å². The molecule has 0 aliphatic heterocycles. The van der Waals surface area contributed by atoms with Gasteiger partial charge in [0.05, 0.1) is 26.7 Å². The molecule has 0 aliphatic carbocycles. The fourth-order valence-corrected chi connectivity index (χ4v) is 4.17. The summed E-state index contributed by atoms with van der Waals surface area (Å²) >= 11 is 0. The smallest absolute Gasteiger partial charge is 0.203 e. The van der Waals surface area contributed by atoms with Gasteiger partial charge in [-0.2, -0.15) is 0 Å². The molecule has 0 unspecified atom stereocenters. The highest BCUT2D eigenvalue weighted by atomic mass is 16.5. The lowest BCUT2D eigenvalue weighted by Gasteiger charge is -2.14. The Morgan fingerprint density at radius 2 is 1.49 bits per heavy atom. The lowest BCUT2D eigenvalue weighted by atomic mass is 10.1. The Labute approximate surface area is 202 Å². The summed E-state index contributed by atoms with van der Waals surface area (Å²) in [6, 6.07) is 24.5. The van der Waals surface area contributed by atoms with Crippen molar-refractivity contribution in [1.29, 1.82) is 0 Å². The maximum Gasteiger partial charge on any atom is 0.203 e. The first-order valence-electron chi connectivity index (χ1n) is 11.1. The van der Waals surface area contributed by atoms with Crippen LogP contribution in [0.25, 0.3) is 33.1 Å². The van der Waals surface area contributed by atoms with E-state index in [4.69, 9.17) is 23.4 Å². The highest BCUT2D eigenvalue weighted by Crippen LogP contribution is 2.41. The summed E-state index contributed by atoms with van der Waals surface area (Å²) in [7, 11) is 4.62. The maximum atomic E-state index is 13.0. The number of hydrogen-bond acceptors (Lipinski definition) is 6. The van der Waals surface area contributed by atoms with E-state index < -0.39 is 0 Å². The molecule has 5 rings (SSSR count). The summed E-state index contributed by atoms with van der Waals surface area (Å²) in [6.45, 7) is 0.391. The zero-order valence-corrected chi connectivity index (χ0v) is 19.7. The van der Waals surface area contributed by atoms with Crippen LogP contribution in [0, 0.1) is 0 Å². The molecule has 0 aliphatic rings. The van der Waals surface area contributed by atoms with E-state index in [1.54, 1.807) is 30.3 Å².